The number of nitrogens with zero attached hydrogens (tertiary/aromatic N) is 1. The maximum absolute atomic E-state index is 12.7. The minimum atomic E-state index is -3.82. The van der Waals surface area contributed by atoms with E-state index in [2.05, 4.69) is 4.74 Å². The minimum absolute atomic E-state index is 0.00187. The first-order valence-corrected chi connectivity index (χ1v) is 8.28. The van der Waals surface area contributed by atoms with Crippen LogP contribution < -0.4 is 5.73 Å². The molecule has 1 amide bonds. The number of nitrogens with two attached hydrogens (primary N) is 1. The van der Waals surface area contributed by atoms with Gasteiger partial charge in [-0.25, -0.2) is 13.2 Å². The summed E-state index contributed by atoms with van der Waals surface area (Å²) in [5, 5.41) is 0. The van der Waals surface area contributed by atoms with Gasteiger partial charge in [0.15, 0.2) is 0 Å². The maximum Gasteiger partial charge on any atom is 0.339 e. The molecule has 1 saturated heterocycles. The number of benzene rings is 1. The lowest BCUT2D eigenvalue weighted by Gasteiger charge is -2.30. The van der Waals surface area contributed by atoms with E-state index < -0.39 is 21.9 Å². The smallest absolute Gasteiger partial charge is 0.339 e. The van der Waals surface area contributed by atoms with Gasteiger partial charge in [0.05, 0.1) is 17.6 Å². The quantitative estimate of drug-likeness (QED) is 0.804. The van der Waals surface area contributed by atoms with Crippen molar-refractivity contribution in [3.63, 3.8) is 0 Å². The predicted molar refractivity (Wildman–Crippen MR) is 78.5 cm³/mol. The first-order chi connectivity index (χ1) is 10.4. The third-order valence-electron chi connectivity index (χ3n) is 3.77. The number of hydrogen-bond acceptors (Lipinski definition) is 5. The van der Waals surface area contributed by atoms with Gasteiger partial charge in [-0.15, -0.1) is 0 Å². The van der Waals surface area contributed by atoms with Crippen LogP contribution in [0.5, 0.6) is 0 Å². The van der Waals surface area contributed by atoms with E-state index >= 15 is 0 Å². The zero-order chi connectivity index (χ0) is 16.3. The Bertz CT molecular complexity index is 678. The fourth-order valence-corrected chi connectivity index (χ4v) is 4.14. The van der Waals surface area contributed by atoms with Crippen LogP contribution in [0.3, 0.4) is 0 Å². The Morgan fingerprint density at radius 2 is 1.82 bits per heavy atom. The summed E-state index contributed by atoms with van der Waals surface area (Å²) in [5.41, 5.74) is 5.25. The van der Waals surface area contributed by atoms with Crippen molar-refractivity contribution in [2.24, 2.45) is 11.7 Å². The number of carbonyl (C=O) groups is 2. The van der Waals surface area contributed by atoms with Crippen LogP contribution >= 0.6 is 0 Å². The summed E-state index contributed by atoms with van der Waals surface area (Å²) in [6, 6.07) is 5.91. The predicted octanol–water partition coefficient (Wildman–Crippen LogP) is 0.359. The van der Waals surface area contributed by atoms with Crippen molar-refractivity contribution in [2.45, 2.75) is 17.7 Å². The monoisotopic (exact) mass is 326 g/mol. The van der Waals surface area contributed by atoms with Crippen molar-refractivity contribution in [3.05, 3.63) is 29.8 Å². The zero-order valence-corrected chi connectivity index (χ0v) is 13.0. The molecule has 0 atom stereocenters. The molecule has 1 aliphatic heterocycles. The highest BCUT2D eigenvalue weighted by molar-refractivity contribution is 7.89. The summed E-state index contributed by atoms with van der Waals surface area (Å²) in [7, 11) is -2.62. The first kappa shape index (κ1) is 16.4. The Morgan fingerprint density at radius 3 is 2.36 bits per heavy atom. The molecule has 22 heavy (non-hydrogen) atoms. The van der Waals surface area contributed by atoms with Crippen molar-refractivity contribution in [1.29, 1.82) is 0 Å². The minimum Gasteiger partial charge on any atom is -0.465 e. The average Bonchev–Trinajstić information content (AvgIpc) is 2.54. The summed E-state index contributed by atoms with van der Waals surface area (Å²) >= 11 is 0. The standard InChI is InChI=1S/C14H18N2O5S/c1-21-14(18)11-4-2-3-5-12(11)22(19,20)16-8-6-10(7-9-16)13(15)17/h2-5,10H,6-9H2,1H3,(H2,15,17). The van der Waals surface area contributed by atoms with E-state index in [1.165, 1.54) is 23.5 Å². The van der Waals surface area contributed by atoms with Crippen LogP contribution in [0.25, 0.3) is 0 Å². The molecule has 1 aromatic rings. The third-order valence-corrected chi connectivity index (χ3v) is 5.72. The molecular formula is C14H18N2O5S. The Balaban J connectivity index is 2.29. The van der Waals surface area contributed by atoms with Crippen LogP contribution in [0.15, 0.2) is 29.2 Å². The van der Waals surface area contributed by atoms with Crippen molar-refractivity contribution in [1.82, 2.24) is 4.31 Å². The number of sulfonamides is 1. The SMILES string of the molecule is COC(=O)c1ccccc1S(=O)(=O)N1CCC(C(N)=O)CC1. The van der Waals surface area contributed by atoms with Crippen molar-refractivity contribution < 1.29 is 22.7 Å². The van der Waals surface area contributed by atoms with Crippen molar-refractivity contribution in [3.8, 4) is 0 Å². The molecule has 0 aliphatic carbocycles. The molecule has 0 radical (unpaired) electrons. The first-order valence-electron chi connectivity index (χ1n) is 6.84. The second-order valence-electron chi connectivity index (χ2n) is 5.07. The van der Waals surface area contributed by atoms with Crippen LogP contribution in [0.2, 0.25) is 0 Å². The number of methoxy groups -OCH3 is 1. The molecule has 1 heterocycles. The lowest BCUT2D eigenvalue weighted by Crippen LogP contribution is -2.42. The molecule has 0 saturated carbocycles. The summed E-state index contributed by atoms with van der Waals surface area (Å²) in [6.45, 7) is 0.400. The molecule has 1 fully saturated rings. The molecular weight excluding hydrogens is 308 g/mol. The Morgan fingerprint density at radius 1 is 1.23 bits per heavy atom. The van der Waals surface area contributed by atoms with E-state index in [1.807, 2.05) is 0 Å². The van der Waals surface area contributed by atoms with Crippen LogP contribution in [0.1, 0.15) is 23.2 Å². The molecule has 7 nitrogen and oxygen atoms in total. The summed E-state index contributed by atoms with van der Waals surface area (Å²) in [5.74, 6) is -1.42. The number of rotatable bonds is 4. The van der Waals surface area contributed by atoms with Crippen molar-refractivity contribution >= 4 is 21.9 Å². The van der Waals surface area contributed by atoms with E-state index in [9.17, 15) is 18.0 Å². The van der Waals surface area contributed by atoms with Crippen LogP contribution in [0.4, 0.5) is 0 Å². The Hall–Kier alpha value is -1.93. The number of amides is 1. The topological polar surface area (TPSA) is 107 Å². The second kappa shape index (κ2) is 6.45. The van der Waals surface area contributed by atoms with E-state index in [1.54, 1.807) is 12.1 Å². The molecule has 120 valence electrons. The van der Waals surface area contributed by atoms with E-state index in [4.69, 9.17) is 5.73 Å². The number of ether oxygens (including phenoxy) is 1. The molecule has 8 heteroatoms. The maximum atomic E-state index is 12.7. The number of esters is 1. The highest BCUT2D eigenvalue weighted by Gasteiger charge is 2.33. The average molecular weight is 326 g/mol. The van der Waals surface area contributed by atoms with Gasteiger partial charge in [0.1, 0.15) is 0 Å². The van der Waals surface area contributed by atoms with Gasteiger partial charge in [0.25, 0.3) is 0 Å². The summed E-state index contributed by atoms with van der Waals surface area (Å²) in [6.07, 6.45) is 0.768. The largest absolute Gasteiger partial charge is 0.465 e. The molecule has 0 spiro atoms. The van der Waals surface area contributed by atoms with Gasteiger partial charge in [0, 0.05) is 19.0 Å². The van der Waals surface area contributed by atoms with Gasteiger partial charge in [-0.3, -0.25) is 4.79 Å². The van der Waals surface area contributed by atoms with Gasteiger partial charge in [-0.2, -0.15) is 4.31 Å². The Kier molecular flexibility index (Phi) is 4.82. The molecule has 0 aromatic heterocycles. The van der Waals surface area contributed by atoms with Gasteiger partial charge in [0.2, 0.25) is 15.9 Å². The number of hydrogen-bond donors (Lipinski definition) is 1. The van der Waals surface area contributed by atoms with E-state index in [-0.39, 0.29) is 29.5 Å². The lowest BCUT2D eigenvalue weighted by molar-refractivity contribution is -0.122. The second-order valence-corrected chi connectivity index (χ2v) is 6.97. The molecule has 2 N–H and O–H groups in total. The van der Waals surface area contributed by atoms with Gasteiger partial charge in [-0.05, 0) is 25.0 Å². The van der Waals surface area contributed by atoms with Crippen LogP contribution in [0, 0.1) is 5.92 Å². The normalized spacial score (nSPS) is 17.1. The number of primary amides is 1. The number of carbonyl (C=O) groups excluding carboxylic acids is 2. The van der Waals surface area contributed by atoms with Crippen LogP contribution in [-0.2, 0) is 19.6 Å². The fraction of sp³-hybridized carbons (Fsp3) is 0.429. The fourth-order valence-electron chi connectivity index (χ4n) is 2.49. The lowest BCUT2D eigenvalue weighted by atomic mass is 9.98. The van der Waals surface area contributed by atoms with Gasteiger partial charge in [-0.1, -0.05) is 12.1 Å². The third kappa shape index (κ3) is 3.12. The summed E-state index contributed by atoms with van der Waals surface area (Å²) in [4.78, 5) is 22.8. The van der Waals surface area contributed by atoms with E-state index in [0.29, 0.717) is 12.8 Å². The van der Waals surface area contributed by atoms with E-state index in [0.717, 1.165) is 0 Å². The molecule has 0 unspecified atom stereocenters. The zero-order valence-electron chi connectivity index (χ0n) is 12.2. The summed E-state index contributed by atoms with van der Waals surface area (Å²) < 4.78 is 31.3. The van der Waals surface area contributed by atoms with Crippen LogP contribution in [-0.4, -0.2) is 44.8 Å². The highest BCUT2D eigenvalue weighted by atomic mass is 32.2. The molecule has 1 aliphatic rings. The number of piperidine rings is 1. The van der Waals surface area contributed by atoms with Crippen molar-refractivity contribution in [2.75, 3.05) is 20.2 Å². The molecule has 1 aromatic carbocycles. The van der Waals surface area contributed by atoms with Gasteiger partial charge < -0.3 is 10.5 Å². The highest BCUT2D eigenvalue weighted by Crippen LogP contribution is 2.26. The van der Waals surface area contributed by atoms with Gasteiger partial charge >= 0.3 is 5.97 Å². The Labute approximate surface area is 129 Å². The molecule has 0 bridgehead atoms. The molecule has 2 rings (SSSR count).